The van der Waals surface area contributed by atoms with Crippen molar-refractivity contribution in [3.05, 3.63) is 0 Å². The number of alkyl halides is 1. The first kappa shape index (κ1) is 14.9. The van der Waals surface area contributed by atoms with Crippen molar-refractivity contribution >= 4 is 30.9 Å². The Kier molecular flexibility index (Phi) is 6.22. The summed E-state index contributed by atoms with van der Waals surface area (Å²) in [6.07, 6.45) is 2.91. The van der Waals surface area contributed by atoms with Gasteiger partial charge >= 0.3 is 0 Å². The molecule has 1 atom stereocenters. The zero-order valence-corrected chi connectivity index (χ0v) is 13.6. The zero-order chi connectivity index (χ0) is 11.4. The lowest BCUT2D eigenvalue weighted by Gasteiger charge is -2.38. The maximum Gasteiger partial charge on any atom is 0.192 e. The summed E-state index contributed by atoms with van der Waals surface area (Å²) in [7, 11) is -1.52. The molecular weight excluding hydrogens is 303 g/mol. The summed E-state index contributed by atoms with van der Waals surface area (Å²) in [5.41, 5.74) is 0. The van der Waals surface area contributed by atoms with Gasteiger partial charge in [-0.3, -0.25) is 0 Å². The van der Waals surface area contributed by atoms with E-state index in [0.29, 0.717) is 11.1 Å². The van der Waals surface area contributed by atoms with E-state index in [0.717, 1.165) is 0 Å². The van der Waals surface area contributed by atoms with E-state index in [1.807, 2.05) is 0 Å². The van der Waals surface area contributed by atoms with E-state index >= 15 is 0 Å². The van der Waals surface area contributed by atoms with E-state index in [2.05, 4.69) is 63.4 Å². The summed E-state index contributed by atoms with van der Waals surface area (Å²) in [6, 6.07) is 0. The van der Waals surface area contributed by atoms with Gasteiger partial charge in [-0.15, -0.1) is 0 Å². The quantitative estimate of drug-likeness (QED) is 0.407. The lowest BCUT2D eigenvalue weighted by atomic mass is 10.2. The van der Waals surface area contributed by atoms with Crippen molar-refractivity contribution in [3.8, 4) is 0 Å². The minimum absolute atomic E-state index is 0.339. The van der Waals surface area contributed by atoms with Gasteiger partial charge in [0.2, 0.25) is 0 Å². The molecule has 0 aromatic carbocycles. The Hall–Kier alpha value is 0.907. The molecule has 0 aromatic rings. The lowest BCUT2D eigenvalue weighted by Crippen LogP contribution is -2.43. The SMILES string of the molecule is C[C@@H](CCCI)O[Si](C)(C)C(C)(C)C. The van der Waals surface area contributed by atoms with Crippen LogP contribution in [0.1, 0.15) is 40.5 Å². The van der Waals surface area contributed by atoms with Crippen molar-refractivity contribution in [1.29, 1.82) is 0 Å². The van der Waals surface area contributed by atoms with Crippen LogP contribution in [0.15, 0.2) is 0 Å². The van der Waals surface area contributed by atoms with Crippen molar-refractivity contribution in [2.45, 2.75) is 64.8 Å². The van der Waals surface area contributed by atoms with Crippen molar-refractivity contribution in [1.82, 2.24) is 0 Å². The fourth-order valence-corrected chi connectivity index (χ4v) is 3.02. The third-order valence-electron chi connectivity index (χ3n) is 3.05. The molecule has 0 unspecified atom stereocenters. The Labute approximate surface area is 104 Å². The predicted octanol–water partition coefficient (Wildman–Crippen LogP) is 4.61. The zero-order valence-electron chi connectivity index (χ0n) is 10.5. The highest BCUT2D eigenvalue weighted by Crippen LogP contribution is 2.37. The summed E-state index contributed by atoms with van der Waals surface area (Å²) >= 11 is 2.43. The van der Waals surface area contributed by atoms with Gasteiger partial charge in [0.15, 0.2) is 8.32 Å². The largest absolute Gasteiger partial charge is 0.414 e. The molecule has 0 amide bonds. The molecule has 0 spiro atoms. The van der Waals surface area contributed by atoms with Crippen LogP contribution in [0.3, 0.4) is 0 Å². The second kappa shape index (κ2) is 5.85. The third kappa shape index (κ3) is 5.12. The Bertz CT molecular complexity index is 163. The number of hydrogen-bond acceptors (Lipinski definition) is 1. The van der Waals surface area contributed by atoms with Crippen LogP contribution in [-0.2, 0) is 4.43 Å². The van der Waals surface area contributed by atoms with Crippen LogP contribution < -0.4 is 0 Å². The minimum Gasteiger partial charge on any atom is -0.414 e. The van der Waals surface area contributed by atoms with E-state index in [-0.39, 0.29) is 0 Å². The molecule has 0 rings (SSSR count). The van der Waals surface area contributed by atoms with Crippen LogP contribution >= 0.6 is 22.6 Å². The molecule has 0 radical (unpaired) electrons. The fourth-order valence-electron chi connectivity index (χ4n) is 1.10. The second-order valence-electron chi connectivity index (χ2n) is 5.52. The van der Waals surface area contributed by atoms with Gasteiger partial charge in [0, 0.05) is 6.10 Å². The van der Waals surface area contributed by atoms with Crippen molar-refractivity contribution in [3.63, 3.8) is 0 Å². The monoisotopic (exact) mass is 328 g/mol. The maximum absolute atomic E-state index is 6.24. The molecule has 0 aliphatic carbocycles. The molecule has 0 aliphatic heterocycles. The lowest BCUT2D eigenvalue weighted by molar-refractivity contribution is 0.189. The van der Waals surface area contributed by atoms with Gasteiger partial charge in [-0.05, 0) is 42.3 Å². The predicted molar refractivity (Wildman–Crippen MR) is 75.9 cm³/mol. The Morgan fingerprint density at radius 3 is 2.14 bits per heavy atom. The van der Waals surface area contributed by atoms with Gasteiger partial charge in [0.25, 0.3) is 0 Å². The third-order valence-corrected chi connectivity index (χ3v) is 8.41. The van der Waals surface area contributed by atoms with Crippen molar-refractivity contribution < 1.29 is 4.43 Å². The van der Waals surface area contributed by atoms with Crippen LogP contribution in [0.2, 0.25) is 18.1 Å². The minimum atomic E-state index is -1.52. The van der Waals surface area contributed by atoms with Gasteiger partial charge in [0.05, 0.1) is 0 Å². The molecular formula is C11H25IOSi. The standard InChI is InChI=1S/C11H25IOSi/c1-10(8-7-9-12)13-14(5,6)11(2,3)4/h10H,7-9H2,1-6H3/t10-/m0/s1. The molecule has 0 saturated carbocycles. The van der Waals surface area contributed by atoms with E-state index in [4.69, 9.17) is 4.43 Å². The van der Waals surface area contributed by atoms with E-state index in [1.54, 1.807) is 0 Å². The Morgan fingerprint density at radius 1 is 1.29 bits per heavy atom. The first-order valence-corrected chi connectivity index (χ1v) is 9.88. The van der Waals surface area contributed by atoms with Crippen LogP contribution in [0.25, 0.3) is 0 Å². The van der Waals surface area contributed by atoms with Gasteiger partial charge in [0.1, 0.15) is 0 Å². The molecule has 0 bridgehead atoms. The summed E-state index contributed by atoms with van der Waals surface area (Å²) in [5.74, 6) is 0. The van der Waals surface area contributed by atoms with Crippen molar-refractivity contribution in [2.24, 2.45) is 0 Å². The molecule has 14 heavy (non-hydrogen) atoms. The van der Waals surface area contributed by atoms with Gasteiger partial charge < -0.3 is 4.43 Å². The Balaban J connectivity index is 4.08. The Morgan fingerprint density at radius 2 is 1.79 bits per heavy atom. The van der Waals surface area contributed by atoms with Gasteiger partial charge in [-0.1, -0.05) is 43.4 Å². The molecule has 3 heteroatoms. The molecule has 1 nitrogen and oxygen atoms in total. The highest BCUT2D eigenvalue weighted by Gasteiger charge is 2.38. The second-order valence-corrected chi connectivity index (χ2v) is 11.4. The topological polar surface area (TPSA) is 9.23 Å². The molecule has 0 aliphatic rings. The fraction of sp³-hybridized carbons (Fsp3) is 1.00. The van der Waals surface area contributed by atoms with Crippen LogP contribution in [0.4, 0.5) is 0 Å². The highest BCUT2D eigenvalue weighted by molar-refractivity contribution is 14.1. The summed E-state index contributed by atoms with van der Waals surface area (Å²) < 4.78 is 7.48. The summed E-state index contributed by atoms with van der Waals surface area (Å²) in [6.45, 7) is 13.8. The highest BCUT2D eigenvalue weighted by atomic mass is 127. The van der Waals surface area contributed by atoms with E-state index in [1.165, 1.54) is 17.3 Å². The first-order chi connectivity index (χ1) is 6.20. The number of rotatable bonds is 5. The average Bonchev–Trinajstić information content (AvgIpc) is 1.97. The number of hydrogen-bond donors (Lipinski definition) is 0. The van der Waals surface area contributed by atoms with E-state index < -0.39 is 8.32 Å². The van der Waals surface area contributed by atoms with Crippen LogP contribution in [-0.4, -0.2) is 18.8 Å². The number of halogens is 1. The average molecular weight is 328 g/mol. The molecule has 0 fully saturated rings. The van der Waals surface area contributed by atoms with Crippen molar-refractivity contribution in [2.75, 3.05) is 4.43 Å². The van der Waals surface area contributed by atoms with Gasteiger partial charge in [-0.25, -0.2) is 0 Å². The molecule has 0 saturated heterocycles. The maximum atomic E-state index is 6.24. The molecule has 0 N–H and O–H groups in total. The smallest absolute Gasteiger partial charge is 0.192 e. The van der Waals surface area contributed by atoms with Crippen LogP contribution in [0, 0.1) is 0 Å². The van der Waals surface area contributed by atoms with E-state index in [9.17, 15) is 0 Å². The summed E-state index contributed by atoms with van der Waals surface area (Å²) in [5, 5.41) is 0.339. The molecule has 0 heterocycles. The first-order valence-electron chi connectivity index (χ1n) is 5.44. The summed E-state index contributed by atoms with van der Waals surface area (Å²) in [4.78, 5) is 0. The normalized spacial score (nSPS) is 15.6. The molecule has 0 aromatic heterocycles. The van der Waals surface area contributed by atoms with Gasteiger partial charge in [-0.2, -0.15) is 0 Å². The van der Waals surface area contributed by atoms with Crippen LogP contribution in [0.5, 0.6) is 0 Å². The molecule has 86 valence electrons.